The van der Waals surface area contributed by atoms with Crippen LogP contribution in [-0.4, -0.2) is 31.2 Å². The number of esters is 1. The lowest BCUT2D eigenvalue weighted by atomic mass is 10.2. The van der Waals surface area contributed by atoms with E-state index in [4.69, 9.17) is 51.2 Å². The van der Waals surface area contributed by atoms with E-state index in [2.05, 4.69) is 15.2 Å². The molecule has 2 aromatic rings. The summed E-state index contributed by atoms with van der Waals surface area (Å²) in [7, 11) is 1.18. The molecule has 6 nitrogen and oxygen atoms in total. The van der Waals surface area contributed by atoms with Crippen LogP contribution in [0.5, 0.6) is 0 Å². The zero-order valence-electron chi connectivity index (χ0n) is 14.4. The largest absolute Gasteiger partial charge is 0.467 e. The van der Waals surface area contributed by atoms with Gasteiger partial charge in [0.25, 0.3) is 5.91 Å². The lowest BCUT2D eigenvalue weighted by Crippen LogP contribution is -2.42. The Morgan fingerprint density at radius 1 is 1.11 bits per heavy atom. The molecule has 2 aromatic carbocycles. The maximum absolute atomic E-state index is 12.4. The van der Waals surface area contributed by atoms with Gasteiger partial charge in [-0.1, -0.05) is 57.6 Å². The number of hydrogen-bond acceptors (Lipinski definition) is 5. The van der Waals surface area contributed by atoms with Crippen LogP contribution in [0.1, 0.15) is 15.9 Å². The average molecular weight is 464 g/mol. The van der Waals surface area contributed by atoms with E-state index >= 15 is 0 Å². The van der Waals surface area contributed by atoms with Gasteiger partial charge in [0.1, 0.15) is 6.61 Å². The lowest BCUT2D eigenvalue weighted by Gasteiger charge is -2.13. The molecule has 0 saturated heterocycles. The number of halogens is 4. The first-order chi connectivity index (χ1) is 13.3. The molecule has 0 aliphatic rings. The Morgan fingerprint density at radius 2 is 1.79 bits per heavy atom. The molecule has 0 aliphatic carbocycles. The van der Waals surface area contributed by atoms with Crippen molar-refractivity contribution in [2.24, 2.45) is 5.16 Å². The van der Waals surface area contributed by atoms with Crippen molar-refractivity contribution in [1.29, 1.82) is 0 Å². The van der Waals surface area contributed by atoms with Crippen molar-refractivity contribution in [3.63, 3.8) is 0 Å². The van der Waals surface area contributed by atoms with Gasteiger partial charge >= 0.3 is 5.97 Å². The van der Waals surface area contributed by atoms with E-state index in [0.717, 1.165) is 6.21 Å². The van der Waals surface area contributed by atoms with Gasteiger partial charge in [0, 0.05) is 20.6 Å². The zero-order chi connectivity index (χ0) is 20.7. The number of hydrogen-bond donors (Lipinski definition) is 1. The number of nitrogens with one attached hydrogen (secondary N) is 1. The second-order valence-electron chi connectivity index (χ2n) is 5.33. The minimum atomic E-state index is -1.20. The molecule has 1 unspecified atom stereocenters. The van der Waals surface area contributed by atoms with E-state index in [1.165, 1.54) is 25.3 Å². The zero-order valence-corrected chi connectivity index (χ0v) is 17.4. The predicted molar refractivity (Wildman–Crippen MR) is 109 cm³/mol. The maximum atomic E-state index is 12.4. The number of rotatable bonds is 7. The molecule has 0 bridgehead atoms. The summed E-state index contributed by atoms with van der Waals surface area (Å²) in [4.78, 5) is 29.4. The summed E-state index contributed by atoms with van der Waals surface area (Å²) in [6.07, 6.45) is 1.08. The van der Waals surface area contributed by atoms with E-state index in [1.807, 2.05) is 0 Å². The van der Waals surface area contributed by atoms with Gasteiger partial charge in [0.05, 0.1) is 23.9 Å². The van der Waals surface area contributed by atoms with Crippen molar-refractivity contribution in [1.82, 2.24) is 5.32 Å². The normalized spacial score (nSPS) is 11.9. The maximum Gasteiger partial charge on any atom is 0.334 e. The van der Waals surface area contributed by atoms with E-state index in [-0.39, 0.29) is 17.2 Å². The molecule has 28 heavy (non-hydrogen) atoms. The van der Waals surface area contributed by atoms with Gasteiger partial charge < -0.3 is 14.9 Å². The second-order valence-corrected chi connectivity index (χ2v) is 6.98. The Morgan fingerprint density at radius 3 is 2.39 bits per heavy atom. The SMILES string of the molecule is COC(=O)C(C=NOCc1c(Cl)cccc1Cl)NC(=O)c1ccc(Cl)cc1Cl. The summed E-state index contributed by atoms with van der Waals surface area (Å²) < 4.78 is 4.66. The van der Waals surface area contributed by atoms with Gasteiger partial charge in [0.15, 0.2) is 6.04 Å². The Hall–Kier alpha value is -1.99. The molecule has 0 aliphatic heterocycles. The van der Waals surface area contributed by atoms with Crippen LogP contribution in [0, 0.1) is 0 Å². The van der Waals surface area contributed by atoms with Crippen molar-refractivity contribution in [2.45, 2.75) is 12.6 Å². The first-order valence-electron chi connectivity index (χ1n) is 7.75. The number of benzene rings is 2. The number of carbonyl (C=O) groups excluding carboxylic acids is 2. The molecular weight excluding hydrogens is 450 g/mol. The van der Waals surface area contributed by atoms with Crippen LogP contribution in [0.4, 0.5) is 0 Å². The minimum Gasteiger partial charge on any atom is -0.467 e. The molecule has 0 spiro atoms. The van der Waals surface area contributed by atoms with Gasteiger partial charge in [-0.05, 0) is 30.3 Å². The van der Waals surface area contributed by atoms with Gasteiger partial charge in [-0.3, -0.25) is 4.79 Å². The molecule has 1 amide bonds. The number of nitrogens with zero attached hydrogens (tertiary/aromatic N) is 1. The highest BCUT2D eigenvalue weighted by atomic mass is 35.5. The molecular formula is C18H14Cl4N2O4. The summed E-state index contributed by atoms with van der Waals surface area (Å²) in [5.74, 6) is -1.36. The van der Waals surface area contributed by atoms with Gasteiger partial charge in [-0.25, -0.2) is 4.79 Å². The third-order valence-corrected chi connectivity index (χ3v) is 4.73. The predicted octanol–water partition coefficient (Wildman–Crippen LogP) is 4.77. The van der Waals surface area contributed by atoms with Crippen LogP contribution >= 0.6 is 46.4 Å². The molecule has 0 heterocycles. The fourth-order valence-electron chi connectivity index (χ4n) is 2.05. The molecule has 0 fully saturated rings. The van der Waals surface area contributed by atoms with Crippen molar-refractivity contribution in [3.8, 4) is 0 Å². The van der Waals surface area contributed by atoms with Crippen LogP contribution in [0.2, 0.25) is 20.1 Å². The first-order valence-corrected chi connectivity index (χ1v) is 9.26. The topological polar surface area (TPSA) is 77.0 Å². The fraction of sp³-hybridized carbons (Fsp3) is 0.167. The Bertz CT molecular complexity index is 885. The number of amides is 1. The second kappa shape index (κ2) is 10.5. The van der Waals surface area contributed by atoms with Gasteiger partial charge in [-0.2, -0.15) is 0 Å². The van der Waals surface area contributed by atoms with E-state index < -0.39 is 17.9 Å². The smallest absolute Gasteiger partial charge is 0.334 e. The standard InChI is InChI=1S/C18H14Cl4N2O4/c1-27-18(26)16(24-17(25)11-6-5-10(19)7-15(11)22)8-23-28-9-12-13(20)3-2-4-14(12)21/h2-8,16H,9H2,1H3,(H,24,25). The Balaban J connectivity index is 2.06. The molecule has 1 atom stereocenters. The number of carbonyl (C=O) groups is 2. The van der Waals surface area contributed by atoms with Crippen molar-refractivity contribution in [2.75, 3.05) is 7.11 Å². The summed E-state index contributed by atoms with van der Waals surface area (Å²) in [6, 6.07) is 8.15. The van der Waals surface area contributed by atoms with Gasteiger partial charge in [-0.15, -0.1) is 0 Å². The highest BCUT2D eigenvalue weighted by molar-refractivity contribution is 6.37. The van der Waals surface area contributed by atoms with Crippen molar-refractivity contribution < 1.29 is 19.2 Å². The van der Waals surface area contributed by atoms with Gasteiger partial charge in [0.2, 0.25) is 0 Å². The molecule has 2 rings (SSSR count). The van der Waals surface area contributed by atoms with Crippen molar-refractivity contribution >= 4 is 64.5 Å². The summed E-state index contributed by atoms with van der Waals surface area (Å²) in [5.41, 5.74) is 0.673. The molecule has 0 radical (unpaired) electrons. The van der Waals surface area contributed by atoms with Crippen LogP contribution in [0.25, 0.3) is 0 Å². The van der Waals surface area contributed by atoms with Crippen LogP contribution < -0.4 is 5.32 Å². The number of methoxy groups -OCH3 is 1. The molecule has 0 saturated carbocycles. The molecule has 1 N–H and O–H groups in total. The Kier molecular flexibility index (Phi) is 8.38. The monoisotopic (exact) mass is 462 g/mol. The number of oxime groups is 1. The fourth-order valence-corrected chi connectivity index (χ4v) is 3.05. The third-order valence-electron chi connectivity index (χ3n) is 3.47. The number of ether oxygens (including phenoxy) is 1. The lowest BCUT2D eigenvalue weighted by molar-refractivity contribution is -0.140. The highest BCUT2D eigenvalue weighted by Gasteiger charge is 2.22. The van der Waals surface area contributed by atoms with E-state index in [1.54, 1.807) is 18.2 Å². The minimum absolute atomic E-state index is 0.0279. The average Bonchev–Trinajstić information content (AvgIpc) is 2.65. The van der Waals surface area contributed by atoms with Crippen LogP contribution in [0.3, 0.4) is 0 Å². The third kappa shape index (κ3) is 6.01. The summed E-state index contributed by atoms with van der Waals surface area (Å²) in [5, 5.41) is 7.47. The van der Waals surface area contributed by atoms with Crippen LogP contribution in [0.15, 0.2) is 41.6 Å². The summed E-state index contributed by atoms with van der Waals surface area (Å²) >= 11 is 23.9. The molecule has 10 heteroatoms. The molecule has 148 valence electrons. The quantitative estimate of drug-likeness (QED) is 0.364. The highest BCUT2D eigenvalue weighted by Crippen LogP contribution is 2.25. The van der Waals surface area contributed by atoms with E-state index in [0.29, 0.717) is 20.6 Å². The first kappa shape index (κ1) is 22.3. The van der Waals surface area contributed by atoms with E-state index in [9.17, 15) is 9.59 Å². The Labute approximate surface area is 181 Å². The van der Waals surface area contributed by atoms with Crippen molar-refractivity contribution in [3.05, 3.63) is 67.6 Å². The molecule has 0 aromatic heterocycles. The summed E-state index contributed by atoms with van der Waals surface area (Å²) in [6.45, 7) is -0.0279. The van der Waals surface area contributed by atoms with Crippen LogP contribution in [-0.2, 0) is 21.0 Å².